The lowest BCUT2D eigenvalue weighted by Gasteiger charge is -2.23. The second kappa shape index (κ2) is 5.47. The van der Waals surface area contributed by atoms with Crippen molar-refractivity contribution in [1.82, 2.24) is 5.01 Å². The van der Waals surface area contributed by atoms with Gasteiger partial charge >= 0.3 is 0 Å². The number of rotatable bonds is 3. The Labute approximate surface area is 138 Å². The molecule has 1 aliphatic rings. The van der Waals surface area contributed by atoms with Crippen molar-refractivity contribution in [3.63, 3.8) is 0 Å². The summed E-state index contributed by atoms with van der Waals surface area (Å²) in [5.41, 5.74) is 1.86. The Morgan fingerprint density at radius 3 is 2.29 bits per heavy atom. The van der Waals surface area contributed by atoms with Gasteiger partial charge in [-0.1, -0.05) is 42.5 Å². The molecule has 3 aromatic rings. The van der Waals surface area contributed by atoms with Crippen LogP contribution in [0.5, 0.6) is 5.75 Å². The Kier molecular flexibility index (Phi) is 3.29. The first kappa shape index (κ1) is 14.4. The van der Waals surface area contributed by atoms with Gasteiger partial charge in [0.1, 0.15) is 12.4 Å². The van der Waals surface area contributed by atoms with Crippen molar-refractivity contribution in [2.45, 2.75) is 6.61 Å². The molecule has 1 heterocycles. The van der Waals surface area contributed by atoms with Gasteiger partial charge in [-0.3, -0.25) is 9.59 Å². The Morgan fingerprint density at radius 2 is 1.54 bits per heavy atom. The van der Waals surface area contributed by atoms with E-state index in [0.29, 0.717) is 33.9 Å². The van der Waals surface area contributed by atoms with Gasteiger partial charge < -0.3 is 4.74 Å². The van der Waals surface area contributed by atoms with E-state index in [9.17, 15) is 9.59 Å². The van der Waals surface area contributed by atoms with E-state index in [-0.39, 0.29) is 0 Å². The number of benzene rings is 3. The third-order valence-electron chi connectivity index (χ3n) is 4.14. The van der Waals surface area contributed by atoms with Crippen LogP contribution in [0.2, 0.25) is 0 Å². The fourth-order valence-corrected chi connectivity index (χ4v) is 2.95. The maximum absolute atomic E-state index is 12.2. The molecule has 118 valence electrons. The molecule has 2 amide bonds. The zero-order chi connectivity index (χ0) is 16.7. The zero-order valence-electron chi connectivity index (χ0n) is 12.7. The van der Waals surface area contributed by atoms with E-state index >= 15 is 0 Å². The largest absolute Gasteiger partial charge is 0.488 e. The van der Waals surface area contributed by atoms with Crippen molar-refractivity contribution >= 4 is 22.6 Å². The van der Waals surface area contributed by atoms with Gasteiger partial charge in [0, 0.05) is 10.8 Å². The summed E-state index contributed by atoms with van der Waals surface area (Å²) in [5.74, 6) is 5.21. The van der Waals surface area contributed by atoms with Gasteiger partial charge in [-0.2, -0.15) is 0 Å². The maximum atomic E-state index is 12.2. The minimum atomic E-state index is -0.502. The van der Waals surface area contributed by atoms with Crippen LogP contribution in [-0.2, 0) is 6.61 Å². The first-order valence-corrected chi connectivity index (χ1v) is 7.53. The molecular weight excluding hydrogens is 304 g/mol. The summed E-state index contributed by atoms with van der Waals surface area (Å²) in [6.07, 6.45) is 0. The monoisotopic (exact) mass is 318 g/mol. The fraction of sp³-hybridized carbons (Fsp3) is 0.0526. The number of imide groups is 1. The number of nitrogens with two attached hydrogens (primary N) is 1. The highest BCUT2D eigenvalue weighted by molar-refractivity contribution is 6.25. The normalized spacial score (nSPS) is 13.5. The number of ether oxygens (including phenoxy) is 1. The second-order valence-electron chi connectivity index (χ2n) is 5.59. The van der Waals surface area contributed by atoms with Gasteiger partial charge in [0.2, 0.25) is 0 Å². The van der Waals surface area contributed by atoms with E-state index in [1.54, 1.807) is 24.3 Å². The third-order valence-corrected chi connectivity index (χ3v) is 4.14. The van der Waals surface area contributed by atoms with E-state index in [1.165, 1.54) is 0 Å². The summed E-state index contributed by atoms with van der Waals surface area (Å²) in [7, 11) is 0. The van der Waals surface area contributed by atoms with Gasteiger partial charge in [0.25, 0.3) is 11.8 Å². The number of carbonyl (C=O) groups is 2. The van der Waals surface area contributed by atoms with Crippen molar-refractivity contribution in [2.24, 2.45) is 5.84 Å². The number of nitrogens with zero attached hydrogens (tertiary/aromatic N) is 1. The molecule has 2 N–H and O–H groups in total. The highest BCUT2D eigenvalue weighted by atomic mass is 16.5. The zero-order valence-corrected chi connectivity index (χ0v) is 12.7. The molecular formula is C19H14N2O3. The summed E-state index contributed by atoms with van der Waals surface area (Å²) in [5, 5.41) is 1.98. The number of hydrazine groups is 1. The summed E-state index contributed by atoms with van der Waals surface area (Å²) < 4.78 is 5.91. The highest BCUT2D eigenvalue weighted by Crippen LogP contribution is 2.35. The molecule has 0 fully saturated rings. The number of amides is 2. The lowest BCUT2D eigenvalue weighted by Crippen LogP contribution is -2.45. The van der Waals surface area contributed by atoms with Crippen LogP contribution in [0.25, 0.3) is 10.8 Å². The van der Waals surface area contributed by atoms with Crippen LogP contribution in [0.1, 0.15) is 26.3 Å². The topological polar surface area (TPSA) is 72.6 Å². The van der Waals surface area contributed by atoms with E-state index < -0.39 is 11.8 Å². The molecule has 3 aromatic carbocycles. The minimum absolute atomic E-state index is 0.407. The van der Waals surface area contributed by atoms with Crippen molar-refractivity contribution in [2.75, 3.05) is 0 Å². The average molecular weight is 318 g/mol. The Morgan fingerprint density at radius 1 is 0.833 bits per heavy atom. The number of hydrogen-bond acceptors (Lipinski definition) is 4. The molecule has 4 rings (SSSR count). The summed E-state index contributed by atoms with van der Waals surface area (Å²) in [6, 6.07) is 18.5. The van der Waals surface area contributed by atoms with Crippen LogP contribution in [0.4, 0.5) is 0 Å². The smallest absolute Gasteiger partial charge is 0.275 e. The van der Waals surface area contributed by atoms with E-state index in [0.717, 1.165) is 10.9 Å². The molecule has 0 saturated carbocycles. The summed E-state index contributed by atoms with van der Waals surface area (Å²) in [6.45, 7) is 0.407. The first-order chi connectivity index (χ1) is 11.7. The Hall–Kier alpha value is -3.18. The van der Waals surface area contributed by atoms with Crippen molar-refractivity contribution in [3.05, 3.63) is 77.4 Å². The highest BCUT2D eigenvalue weighted by Gasteiger charge is 2.31. The third kappa shape index (κ3) is 2.14. The first-order valence-electron chi connectivity index (χ1n) is 7.53. The molecule has 0 aromatic heterocycles. The predicted octanol–water partition coefficient (Wildman–Crippen LogP) is 2.89. The van der Waals surface area contributed by atoms with Crippen LogP contribution >= 0.6 is 0 Å². The van der Waals surface area contributed by atoms with E-state index in [4.69, 9.17) is 10.6 Å². The minimum Gasteiger partial charge on any atom is -0.488 e. The SMILES string of the molecule is NN1C(=O)c2cccc3c(OCc4ccccc4)ccc(c23)C1=O. The van der Waals surface area contributed by atoms with Gasteiger partial charge in [0.15, 0.2) is 0 Å². The van der Waals surface area contributed by atoms with Crippen LogP contribution < -0.4 is 10.6 Å². The lowest BCUT2D eigenvalue weighted by molar-refractivity contribution is 0.0610. The average Bonchev–Trinajstić information content (AvgIpc) is 2.63. The Bertz CT molecular complexity index is 945. The second-order valence-corrected chi connectivity index (χ2v) is 5.59. The van der Waals surface area contributed by atoms with E-state index in [2.05, 4.69) is 0 Å². The molecule has 0 aliphatic carbocycles. The van der Waals surface area contributed by atoms with Gasteiger partial charge in [-0.05, 0) is 23.8 Å². The quantitative estimate of drug-likeness (QED) is 0.458. The number of carbonyl (C=O) groups excluding carboxylic acids is 2. The molecule has 0 unspecified atom stereocenters. The molecule has 0 spiro atoms. The van der Waals surface area contributed by atoms with Gasteiger partial charge in [0.05, 0.1) is 11.1 Å². The maximum Gasteiger partial charge on any atom is 0.275 e. The molecule has 0 saturated heterocycles. The van der Waals surface area contributed by atoms with Crippen LogP contribution in [0.3, 0.4) is 0 Å². The van der Waals surface area contributed by atoms with Crippen molar-refractivity contribution < 1.29 is 14.3 Å². The van der Waals surface area contributed by atoms with Gasteiger partial charge in [-0.25, -0.2) is 10.9 Å². The van der Waals surface area contributed by atoms with Crippen molar-refractivity contribution in [1.29, 1.82) is 0 Å². The summed E-state index contributed by atoms with van der Waals surface area (Å²) >= 11 is 0. The van der Waals surface area contributed by atoms with Crippen molar-refractivity contribution in [3.8, 4) is 5.75 Å². The molecule has 0 bridgehead atoms. The molecule has 24 heavy (non-hydrogen) atoms. The molecule has 1 aliphatic heterocycles. The lowest BCUT2D eigenvalue weighted by atomic mass is 9.94. The molecule has 0 atom stereocenters. The fourth-order valence-electron chi connectivity index (χ4n) is 2.95. The van der Waals surface area contributed by atoms with Crippen LogP contribution in [-0.4, -0.2) is 16.8 Å². The van der Waals surface area contributed by atoms with Crippen LogP contribution in [0, 0.1) is 0 Å². The van der Waals surface area contributed by atoms with Crippen LogP contribution in [0.15, 0.2) is 60.7 Å². The van der Waals surface area contributed by atoms with Gasteiger partial charge in [-0.15, -0.1) is 0 Å². The molecule has 5 heteroatoms. The Balaban J connectivity index is 1.81. The predicted molar refractivity (Wildman–Crippen MR) is 89.4 cm³/mol. The van der Waals surface area contributed by atoms with E-state index in [1.807, 2.05) is 36.4 Å². The molecule has 0 radical (unpaired) electrons. The standard InChI is InChI=1S/C19H14N2O3/c20-21-18(22)14-8-4-7-13-16(10-9-15(17(13)14)19(21)23)24-11-12-5-2-1-3-6-12/h1-10H,11,20H2. The molecule has 5 nitrogen and oxygen atoms in total. The number of hydrogen-bond donors (Lipinski definition) is 1. The summed E-state index contributed by atoms with van der Waals surface area (Å²) in [4.78, 5) is 24.5.